The van der Waals surface area contributed by atoms with Crippen LogP contribution in [0.25, 0.3) is 0 Å². The summed E-state index contributed by atoms with van der Waals surface area (Å²) in [6.07, 6.45) is 8.54. The molecule has 2 atom stereocenters. The summed E-state index contributed by atoms with van der Waals surface area (Å²) >= 11 is 11.6. The SMILES string of the molecule is CCCCC(CC)COc1cc(C(=O)Cl)c(OCC(CC)CCCC)cc1C(=O)Cl. The van der Waals surface area contributed by atoms with Gasteiger partial charge in [-0.2, -0.15) is 0 Å². The molecule has 30 heavy (non-hydrogen) atoms. The van der Waals surface area contributed by atoms with Crippen LogP contribution in [0.1, 0.15) is 99.8 Å². The van der Waals surface area contributed by atoms with Crippen LogP contribution in [-0.4, -0.2) is 23.7 Å². The van der Waals surface area contributed by atoms with Crippen LogP contribution in [0.4, 0.5) is 0 Å². The maximum Gasteiger partial charge on any atom is 0.256 e. The molecule has 0 aromatic heterocycles. The second kappa shape index (κ2) is 14.7. The van der Waals surface area contributed by atoms with Gasteiger partial charge in [0.1, 0.15) is 11.5 Å². The Morgan fingerprint density at radius 3 is 1.40 bits per heavy atom. The van der Waals surface area contributed by atoms with Crippen molar-refractivity contribution in [2.75, 3.05) is 13.2 Å². The van der Waals surface area contributed by atoms with Gasteiger partial charge in [0.25, 0.3) is 10.5 Å². The van der Waals surface area contributed by atoms with E-state index < -0.39 is 10.5 Å². The van der Waals surface area contributed by atoms with Gasteiger partial charge in [0.05, 0.1) is 24.3 Å². The number of hydrogen-bond donors (Lipinski definition) is 0. The van der Waals surface area contributed by atoms with Crippen molar-refractivity contribution in [2.24, 2.45) is 11.8 Å². The Kier molecular flexibility index (Phi) is 13.1. The molecule has 170 valence electrons. The highest BCUT2D eigenvalue weighted by Gasteiger charge is 2.21. The lowest BCUT2D eigenvalue weighted by atomic mass is 10.0. The Labute approximate surface area is 191 Å². The van der Waals surface area contributed by atoms with E-state index in [0.29, 0.717) is 25.0 Å². The number of halogens is 2. The van der Waals surface area contributed by atoms with E-state index in [1.54, 1.807) is 0 Å². The van der Waals surface area contributed by atoms with Crippen molar-refractivity contribution in [1.29, 1.82) is 0 Å². The molecule has 0 fully saturated rings. The minimum Gasteiger partial charge on any atom is -0.492 e. The van der Waals surface area contributed by atoms with Gasteiger partial charge in [-0.1, -0.05) is 66.2 Å². The number of unbranched alkanes of at least 4 members (excludes halogenated alkanes) is 2. The fraction of sp³-hybridized carbons (Fsp3) is 0.667. The van der Waals surface area contributed by atoms with Crippen LogP contribution in [0.15, 0.2) is 12.1 Å². The average Bonchev–Trinajstić information content (AvgIpc) is 2.73. The first kappa shape index (κ1) is 26.8. The summed E-state index contributed by atoms with van der Waals surface area (Å²) in [4.78, 5) is 24.1. The van der Waals surface area contributed by atoms with Gasteiger partial charge in [-0.05, 0) is 60.0 Å². The summed E-state index contributed by atoms with van der Waals surface area (Å²) in [6, 6.07) is 2.97. The summed E-state index contributed by atoms with van der Waals surface area (Å²) in [7, 11) is 0. The van der Waals surface area contributed by atoms with Gasteiger partial charge < -0.3 is 9.47 Å². The number of rotatable bonds is 16. The van der Waals surface area contributed by atoms with E-state index in [1.165, 1.54) is 12.1 Å². The maximum atomic E-state index is 12.0. The number of benzene rings is 1. The molecular formula is C24H36Cl2O4. The molecule has 0 saturated carbocycles. The molecule has 0 saturated heterocycles. The van der Waals surface area contributed by atoms with E-state index in [0.717, 1.165) is 51.4 Å². The van der Waals surface area contributed by atoms with Crippen LogP contribution in [0, 0.1) is 11.8 Å². The lowest BCUT2D eigenvalue weighted by molar-refractivity contribution is 0.106. The maximum absolute atomic E-state index is 12.0. The topological polar surface area (TPSA) is 52.6 Å². The van der Waals surface area contributed by atoms with Gasteiger partial charge in [-0.25, -0.2) is 0 Å². The summed E-state index contributed by atoms with van der Waals surface area (Å²) < 4.78 is 11.8. The smallest absolute Gasteiger partial charge is 0.256 e. The average molecular weight is 459 g/mol. The predicted molar refractivity (Wildman–Crippen MR) is 124 cm³/mol. The van der Waals surface area contributed by atoms with Crippen LogP contribution < -0.4 is 9.47 Å². The third-order valence-electron chi connectivity index (χ3n) is 5.54. The third-order valence-corrected chi connectivity index (χ3v) is 5.95. The Balaban J connectivity index is 3.07. The Hall–Kier alpha value is -1.26. The van der Waals surface area contributed by atoms with E-state index in [-0.39, 0.29) is 22.6 Å². The van der Waals surface area contributed by atoms with Crippen LogP contribution in [0.5, 0.6) is 11.5 Å². The van der Waals surface area contributed by atoms with Crippen LogP contribution in [-0.2, 0) is 0 Å². The first-order chi connectivity index (χ1) is 14.4. The van der Waals surface area contributed by atoms with Gasteiger partial charge >= 0.3 is 0 Å². The van der Waals surface area contributed by atoms with Crippen molar-refractivity contribution in [3.63, 3.8) is 0 Å². The lowest BCUT2D eigenvalue weighted by Crippen LogP contribution is -2.15. The minimum absolute atomic E-state index is 0.195. The molecule has 1 aromatic rings. The van der Waals surface area contributed by atoms with Crippen molar-refractivity contribution in [2.45, 2.75) is 79.1 Å². The first-order valence-corrected chi connectivity index (χ1v) is 12.0. The molecule has 0 bridgehead atoms. The third kappa shape index (κ3) is 8.85. The summed E-state index contributed by atoms with van der Waals surface area (Å²) in [6.45, 7) is 9.45. The largest absolute Gasteiger partial charge is 0.492 e. The molecule has 0 aliphatic heterocycles. The second-order valence-electron chi connectivity index (χ2n) is 7.85. The molecular weight excluding hydrogens is 423 g/mol. The van der Waals surface area contributed by atoms with Crippen LogP contribution >= 0.6 is 23.2 Å². The highest BCUT2D eigenvalue weighted by Crippen LogP contribution is 2.33. The molecule has 0 aliphatic rings. The zero-order valence-electron chi connectivity index (χ0n) is 18.8. The Morgan fingerprint density at radius 2 is 1.13 bits per heavy atom. The van der Waals surface area contributed by atoms with Crippen molar-refractivity contribution >= 4 is 33.7 Å². The van der Waals surface area contributed by atoms with E-state index in [2.05, 4.69) is 27.7 Å². The molecule has 6 heteroatoms. The van der Waals surface area contributed by atoms with Crippen molar-refractivity contribution in [3.05, 3.63) is 23.3 Å². The fourth-order valence-corrected chi connectivity index (χ4v) is 3.61. The minimum atomic E-state index is -0.650. The van der Waals surface area contributed by atoms with Crippen molar-refractivity contribution < 1.29 is 19.1 Å². The molecule has 0 N–H and O–H groups in total. The lowest BCUT2D eigenvalue weighted by Gasteiger charge is -2.20. The Morgan fingerprint density at radius 1 is 0.767 bits per heavy atom. The normalized spacial score (nSPS) is 13.0. The zero-order valence-corrected chi connectivity index (χ0v) is 20.3. The first-order valence-electron chi connectivity index (χ1n) is 11.2. The van der Waals surface area contributed by atoms with Crippen LogP contribution in [0.3, 0.4) is 0 Å². The predicted octanol–water partition coefficient (Wildman–Crippen LogP) is 7.64. The van der Waals surface area contributed by atoms with Gasteiger partial charge in [0.2, 0.25) is 0 Å². The van der Waals surface area contributed by atoms with Crippen molar-refractivity contribution in [3.8, 4) is 11.5 Å². The van der Waals surface area contributed by atoms with Gasteiger partial charge in [0, 0.05) is 0 Å². The summed E-state index contributed by atoms with van der Waals surface area (Å²) in [5, 5.41) is -1.30. The summed E-state index contributed by atoms with van der Waals surface area (Å²) in [5.41, 5.74) is 0.389. The zero-order chi connectivity index (χ0) is 22.5. The number of hydrogen-bond acceptors (Lipinski definition) is 4. The monoisotopic (exact) mass is 458 g/mol. The van der Waals surface area contributed by atoms with Gasteiger partial charge in [0.15, 0.2) is 0 Å². The fourth-order valence-electron chi connectivity index (χ4n) is 3.32. The van der Waals surface area contributed by atoms with E-state index in [9.17, 15) is 9.59 Å². The van der Waals surface area contributed by atoms with E-state index in [4.69, 9.17) is 32.7 Å². The number of ether oxygens (including phenoxy) is 2. The molecule has 4 nitrogen and oxygen atoms in total. The molecule has 0 heterocycles. The number of carbonyl (C=O) groups is 2. The molecule has 0 amide bonds. The molecule has 0 aliphatic carbocycles. The molecule has 1 aromatic carbocycles. The Bertz CT molecular complexity index is 618. The van der Waals surface area contributed by atoms with E-state index in [1.807, 2.05) is 0 Å². The molecule has 0 spiro atoms. The van der Waals surface area contributed by atoms with Gasteiger partial charge in [-0.3, -0.25) is 9.59 Å². The van der Waals surface area contributed by atoms with Crippen LogP contribution in [0.2, 0.25) is 0 Å². The highest BCUT2D eigenvalue weighted by molar-refractivity contribution is 6.69. The molecule has 0 radical (unpaired) electrons. The highest BCUT2D eigenvalue weighted by atomic mass is 35.5. The molecule has 2 unspecified atom stereocenters. The summed E-state index contributed by atoms with van der Waals surface area (Å²) in [5.74, 6) is 1.30. The standard InChI is InChI=1S/C24H36Cl2O4/c1-5-9-11-17(7-3)15-29-21-13-20(24(26)28)22(14-19(21)23(25)27)30-16-18(8-4)12-10-6-2/h13-14,17-18H,5-12,15-16H2,1-4H3. The van der Waals surface area contributed by atoms with Crippen molar-refractivity contribution in [1.82, 2.24) is 0 Å². The second-order valence-corrected chi connectivity index (χ2v) is 8.53. The van der Waals surface area contributed by atoms with E-state index >= 15 is 0 Å². The molecule has 1 rings (SSSR count). The quantitative estimate of drug-likeness (QED) is 0.238. The van der Waals surface area contributed by atoms with Gasteiger partial charge in [-0.15, -0.1) is 0 Å². The number of carbonyl (C=O) groups excluding carboxylic acids is 2.